The number of hydrogen-bond donors (Lipinski definition) is 1. The lowest BCUT2D eigenvalue weighted by Gasteiger charge is -2.33. The first-order valence-electron chi connectivity index (χ1n) is 6.77. The van der Waals surface area contributed by atoms with Gasteiger partial charge in [0.15, 0.2) is 0 Å². The van der Waals surface area contributed by atoms with Crippen LogP contribution in [0, 0.1) is 5.41 Å². The Labute approximate surface area is 117 Å². The number of nitrogens with two attached hydrogens (primary N) is 1. The second-order valence-corrected chi connectivity index (χ2v) is 6.41. The molecule has 0 amide bonds. The lowest BCUT2D eigenvalue weighted by Crippen LogP contribution is -2.31. The predicted molar refractivity (Wildman–Crippen MR) is 74.2 cm³/mol. The molecule has 2 rings (SSSR count). The molecule has 4 heteroatoms. The van der Waals surface area contributed by atoms with E-state index in [2.05, 4.69) is 13.8 Å². The first-order valence-corrected chi connectivity index (χ1v) is 6.77. The Morgan fingerprint density at radius 1 is 1.30 bits per heavy atom. The van der Waals surface area contributed by atoms with E-state index in [1.807, 2.05) is 6.08 Å². The minimum atomic E-state index is -4.29. The Morgan fingerprint density at radius 2 is 2.00 bits per heavy atom. The summed E-state index contributed by atoms with van der Waals surface area (Å²) in [6.45, 7) is 4.29. The van der Waals surface area contributed by atoms with E-state index in [9.17, 15) is 13.2 Å². The van der Waals surface area contributed by atoms with Crippen LogP contribution >= 0.6 is 0 Å². The molecule has 1 aromatic rings. The van der Waals surface area contributed by atoms with Gasteiger partial charge in [-0.15, -0.1) is 0 Å². The van der Waals surface area contributed by atoms with Crippen molar-refractivity contribution in [3.8, 4) is 0 Å². The highest BCUT2D eigenvalue weighted by molar-refractivity contribution is 5.30. The molecule has 2 N–H and O–H groups in total. The minimum absolute atomic E-state index is 0.000418. The molecule has 0 saturated carbocycles. The molecule has 0 spiro atoms. The van der Waals surface area contributed by atoms with Crippen molar-refractivity contribution in [1.82, 2.24) is 0 Å². The summed E-state index contributed by atoms with van der Waals surface area (Å²) in [7, 11) is 0. The molecule has 1 aromatic carbocycles. The van der Waals surface area contributed by atoms with Gasteiger partial charge < -0.3 is 5.73 Å². The molecule has 0 bridgehead atoms. The smallest absolute Gasteiger partial charge is 0.324 e. The van der Waals surface area contributed by atoms with Gasteiger partial charge in [-0.05, 0) is 36.3 Å². The molecule has 110 valence electrons. The fraction of sp³-hybridized carbons (Fsp3) is 0.500. The van der Waals surface area contributed by atoms with E-state index in [0.717, 1.165) is 24.5 Å². The van der Waals surface area contributed by atoms with Gasteiger partial charge in [0.25, 0.3) is 0 Å². The van der Waals surface area contributed by atoms with Crippen LogP contribution in [0.15, 0.2) is 35.9 Å². The monoisotopic (exact) mass is 283 g/mol. The molecule has 0 saturated heterocycles. The third-order valence-electron chi connectivity index (χ3n) is 3.63. The molecule has 0 aliphatic heterocycles. The Hall–Kier alpha value is -1.29. The van der Waals surface area contributed by atoms with Crippen LogP contribution in [0.25, 0.3) is 0 Å². The van der Waals surface area contributed by atoms with Gasteiger partial charge in [0.2, 0.25) is 0 Å². The molecule has 0 fully saturated rings. The van der Waals surface area contributed by atoms with E-state index in [-0.39, 0.29) is 11.5 Å². The van der Waals surface area contributed by atoms with Crippen LogP contribution in [0.1, 0.15) is 37.8 Å². The van der Waals surface area contributed by atoms with Gasteiger partial charge in [-0.3, -0.25) is 0 Å². The highest BCUT2D eigenvalue weighted by Crippen LogP contribution is 2.36. The largest absolute Gasteiger partial charge is 0.416 e. The zero-order valence-electron chi connectivity index (χ0n) is 11.8. The molecule has 0 radical (unpaired) electrons. The van der Waals surface area contributed by atoms with Gasteiger partial charge >= 0.3 is 6.18 Å². The first-order chi connectivity index (χ1) is 9.16. The number of halogens is 3. The van der Waals surface area contributed by atoms with Crippen LogP contribution in [0.4, 0.5) is 13.2 Å². The van der Waals surface area contributed by atoms with Crippen molar-refractivity contribution in [2.45, 2.75) is 45.3 Å². The summed E-state index contributed by atoms with van der Waals surface area (Å²) in [6, 6.07) is 5.54. The Morgan fingerprint density at radius 3 is 2.60 bits per heavy atom. The van der Waals surface area contributed by atoms with Crippen LogP contribution in [-0.2, 0) is 12.6 Å². The highest BCUT2D eigenvalue weighted by atomic mass is 19.4. The second kappa shape index (κ2) is 5.24. The SMILES string of the molecule is CC1(C)CC(Cc2cccc(C(F)(F)F)c2)=CC(N)C1. The van der Waals surface area contributed by atoms with Crippen molar-refractivity contribution < 1.29 is 13.2 Å². The fourth-order valence-electron chi connectivity index (χ4n) is 2.99. The van der Waals surface area contributed by atoms with E-state index in [4.69, 9.17) is 5.73 Å². The summed E-state index contributed by atoms with van der Waals surface area (Å²) in [4.78, 5) is 0. The van der Waals surface area contributed by atoms with Crippen molar-refractivity contribution in [3.63, 3.8) is 0 Å². The predicted octanol–water partition coefficient (Wildman–Crippen LogP) is 4.32. The van der Waals surface area contributed by atoms with Gasteiger partial charge in [0, 0.05) is 6.04 Å². The van der Waals surface area contributed by atoms with Gasteiger partial charge in [-0.25, -0.2) is 0 Å². The van der Waals surface area contributed by atoms with E-state index in [1.165, 1.54) is 12.1 Å². The molecule has 20 heavy (non-hydrogen) atoms. The summed E-state index contributed by atoms with van der Waals surface area (Å²) in [5.74, 6) is 0. The molecule has 1 aliphatic carbocycles. The Balaban J connectivity index is 2.18. The lowest BCUT2D eigenvalue weighted by molar-refractivity contribution is -0.137. The number of rotatable bonds is 2. The third-order valence-corrected chi connectivity index (χ3v) is 3.63. The normalized spacial score (nSPS) is 22.5. The molecule has 1 aliphatic rings. The number of hydrogen-bond acceptors (Lipinski definition) is 1. The van der Waals surface area contributed by atoms with Gasteiger partial charge in [-0.2, -0.15) is 13.2 Å². The topological polar surface area (TPSA) is 26.0 Å². The molecule has 0 heterocycles. The average molecular weight is 283 g/mol. The van der Waals surface area contributed by atoms with E-state index < -0.39 is 11.7 Å². The number of benzene rings is 1. The zero-order valence-corrected chi connectivity index (χ0v) is 11.8. The van der Waals surface area contributed by atoms with Gasteiger partial charge in [-0.1, -0.05) is 43.7 Å². The van der Waals surface area contributed by atoms with Crippen molar-refractivity contribution in [1.29, 1.82) is 0 Å². The summed E-state index contributed by atoms with van der Waals surface area (Å²) in [5.41, 5.74) is 7.35. The summed E-state index contributed by atoms with van der Waals surface area (Å²) in [5, 5.41) is 0. The van der Waals surface area contributed by atoms with E-state index in [0.29, 0.717) is 12.0 Å². The molecule has 0 aromatic heterocycles. The third kappa shape index (κ3) is 3.85. The van der Waals surface area contributed by atoms with Crippen molar-refractivity contribution in [2.24, 2.45) is 11.1 Å². The van der Waals surface area contributed by atoms with E-state index in [1.54, 1.807) is 6.07 Å². The van der Waals surface area contributed by atoms with Crippen molar-refractivity contribution in [3.05, 3.63) is 47.0 Å². The second-order valence-electron chi connectivity index (χ2n) is 6.41. The standard InChI is InChI=1S/C16H20F3N/c1-15(2)9-12(8-14(20)10-15)6-11-4-3-5-13(7-11)16(17,18)19/h3-5,7-8,14H,6,9-10,20H2,1-2H3. The molecular weight excluding hydrogens is 263 g/mol. The lowest BCUT2D eigenvalue weighted by atomic mass is 9.74. The average Bonchev–Trinajstić information content (AvgIpc) is 2.25. The van der Waals surface area contributed by atoms with Crippen LogP contribution in [0.3, 0.4) is 0 Å². The summed E-state index contributed by atoms with van der Waals surface area (Å²) < 4.78 is 38.1. The maximum absolute atomic E-state index is 12.7. The molecular formula is C16H20F3N. The zero-order chi connectivity index (χ0) is 15.0. The Kier molecular flexibility index (Phi) is 3.96. The maximum atomic E-state index is 12.7. The quantitative estimate of drug-likeness (QED) is 0.804. The van der Waals surface area contributed by atoms with E-state index >= 15 is 0 Å². The molecule has 1 nitrogen and oxygen atoms in total. The van der Waals surface area contributed by atoms with Gasteiger partial charge in [0.05, 0.1) is 5.56 Å². The number of alkyl halides is 3. The van der Waals surface area contributed by atoms with Crippen LogP contribution < -0.4 is 5.73 Å². The maximum Gasteiger partial charge on any atom is 0.416 e. The highest BCUT2D eigenvalue weighted by Gasteiger charge is 2.31. The Bertz CT molecular complexity index is 515. The minimum Gasteiger partial charge on any atom is -0.324 e. The first kappa shape index (κ1) is 15.1. The van der Waals surface area contributed by atoms with Crippen LogP contribution in [-0.4, -0.2) is 6.04 Å². The molecule has 1 unspecified atom stereocenters. The molecule has 1 atom stereocenters. The summed E-state index contributed by atoms with van der Waals surface area (Å²) >= 11 is 0. The van der Waals surface area contributed by atoms with Gasteiger partial charge in [0.1, 0.15) is 0 Å². The van der Waals surface area contributed by atoms with Crippen LogP contribution in [0.2, 0.25) is 0 Å². The van der Waals surface area contributed by atoms with Crippen molar-refractivity contribution >= 4 is 0 Å². The summed E-state index contributed by atoms with van der Waals surface area (Å²) in [6.07, 6.45) is 0.0647. The number of allylic oxidation sites excluding steroid dienone is 1. The van der Waals surface area contributed by atoms with Crippen molar-refractivity contribution in [2.75, 3.05) is 0 Å². The van der Waals surface area contributed by atoms with Crippen LogP contribution in [0.5, 0.6) is 0 Å². The fourth-order valence-corrected chi connectivity index (χ4v) is 2.99.